The van der Waals surface area contributed by atoms with Crippen molar-refractivity contribution in [2.45, 2.75) is 26.4 Å². The molecular weight excluding hydrogens is 218 g/mol. The fraction of sp³-hybridized carbons (Fsp3) is 0.750. The Kier molecular flexibility index (Phi) is 4.53. The van der Waals surface area contributed by atoms with Crippen LogP contribution in [0.2, 0.25) is 0 Å². The summed E-state index contributed by atoms with van der Waals surface area (Å²) in [6.07, 6.45) is 1.06. The molecule has 1 aliphatic heterocycles. The normalized spacial score (nSPS) is 14.9. The number of methoxy groups -OCH3 is 1. The van der Waals surface area contributed by atoms with Crippen LogP contribution in [-0.4, -0.2) is 43.0 Å². The molecule has 0 saturated heterocycles. The maximum atomic E-state index is 5.50. The molecule has 0 amide bonds. The lowest BCUT2D eigenvalue weighted by molar-refractivity contribution is 0.0661. The minimum Gasteiger partial charge on any atom is -0.382 e. The predicted octanol–water partition coefficient (Wildman–Crippen LogP) is 0.500. The highest BCUT2D eigenvalue weighted by Crippen LogP contribution is 2.15. The molecule has 1 aromatic heterocycles. The zero-order valence-electron chi connectivity index (χ0n) is 10.7. The maximum Gasteiger partial charge on any atom is 0.106 e. The molecule has 96 valence electrons. The number of ether oxygens (including phenoxy) is 2. The van der Waals surface area contributed by atoms with Gasteiger partial charge in [-0.1, -0.05) is 0 Å². The van der Waals surface area contributed by atoms with Crippen molar-refractivity contribution in [1.29, 1.82) is 0 Å². The zero-order valence-corrected chi connectivity index (χ0v) is 10.7. The Labute approximate surface area is 102 Å². The summed E-state index contributed by atoms with van der Waals surface area (Å²) in [6.45, 7) is 6.93. The summed E-state index contributed by atoms with van der Waals surface area (Å²) in [5.41, 5.74) is 2.57. The number of aromatic nitrogens is 2. The van der Waals surface area contributed by atoms with Crippen molar-refractivity contribution in [1.82, 2.24) is 14.9 Å². The van der Waals surface area contributed by atoms with Gasteiger partial charge in [0.15, 0.2) is 0 Å². The van der Waals surface area contributed by atoms with E-state index < -0.39 is 0 Å². The van der Waals surface area contributed by atoms with Crippen LogP contribution in [-0.2, 0) is 29.0 Å². The van der Waals surface area contributed by atoms with Gasteiger partial charge >= 0.3 is 0 Å². The molecule has 17 heavy (non-hydrogen) atoms. The average molecular weight is 239 g/mol. The van der Waals surface area contributed by atoms with Gasteiger partial charge < -0.3 is 19.4 Å². The molecule has 0 fully saturated rings. The first kappa shape index (κ1) is 12.5. The third-order valence-corrected chi connectivity index (χ3v) is 3.07. The van der Waals surface area contributed by atoms with Crippen molar-refractivity contribution in [3.63, 3.8) is 0 Å². The number of rotatable bonds is 6. The van der Waals surface area contributed by atoms with Crippen LogP contribution in [0.15, 0.2) is 0 Å². The molecule has 1 aromatic rings. The summed E-state index contributed by atoms with van der Waals surface area (Å²) in [4.78, 5) is 4.59. The smallest absolute Gasteiger partial charge is 0.106 e. The highest BCUT2D eigenvalue weighted by Gasteiger charge is 2.17. The summed E-state index contributed by atoms with van der Waals surface area (Å²) in [7, 11) is 1.69. The highest BCUT2D eigenvalue weighted by molar-refractivity contribution is 5.19. The second-order valence-electron chi connectivity index (χ2n) is 4.24. The summed E-state index contributed by atoms with van der Waals surface area (Å²) in [5.74, 6) is 1.09. The van der Waals surface area contributed by atoms with Crippen LogP contribution in [0, 0.1) is 6.92 Å². The number of nitrogens with one attached hydrogen (secondary N) is 1. The molecule has 0 bridgehead atoms. The lowest BCUT2D eigenvalue weighted by atomic mass is 10.2. The Morgan fingerprint density at radius 1 is 1.35 bits per heavy atom. The lowest BCUT2D eigenvalue weighted by Crippen LogP contribution is -2.25. The molecule has 0 spiro atoms. The Balaban J connectivity index is 1.89. The lowest BCUT2D eigenvalue weighted by Gasteiger charge is -2.15. The van der Waals surface area contributed by atoms with Gasteiger partial charge in [0.05, 0.1) is 25.5 Å². The SMILES string of the molecule is COCCOCCn1c(C)nc2c1CCNC2. The van der Waals surface area contributed by atoms with Crippen molar-refractivity contribution < 1.29 is 9.47 Å². The second kappa shape index (κ2) is 6.14. The Morgan fingerprint density at radius 2 is 2.24 bits per heavy atom. The van der Waals surface area contributed by atoms with Gasteiger partial charge in [-0.3, -0.25) is 0 Å². The first-order chi connectivity index (χ1) is 8.33. The molecule has 5 heteroatoms. The van der Waals surface area contributed by atoms with Gasteiger partial charge in [-0.15, -0.1) is 0 Å². The van der Waals surface area contributed by atoms with Crippen LogP contribution in [0.25, 0.3) is 0 Å². The first-order valence-corrected chi connectivity index (χ1v) is 6.15. The van der Waals surface area contributed by atoms with E-state index in [4.69, 9.17) is 9.47 Å². The van der Waals surface area contributed by atoms with Crippen LogP contribution in [0.1, 0.15) is 17.2 Å². The third-order valence-electron chi connectivity index (χ3n) is 3.07. The number of fused-ring (bicyclic) bond motifs is 1. The van der Waals surface area contributed by atoms with Gasteiger partial charge in [-0.05, 0) is 6.92 Å². The molecule has 2 heterocycles. The molecule has 5 nitrogen and oxygen atoms in total. The fourth-order valence-corrected chi connectivity index (χ4v) is 2.20. The predicted molar refractivity (Wildman–Crippen MR) is 65.1 cm³/mol. The highest BCUT2D eigenvalue weighted by atomic mass is 16.5. The molecule has 0 aliphatic carbocycles. The van der Waals surface area contributed by atoms with E-state index in [0.717, 1.165) is 38.5 Å². The first-order valence-electron chi connectivity index (χ1n) is 6.15. The van der Waals surface area contributed by atoms with Crippen molar-refractivity contribution in [3.8, 4) is 0 Å². The molecule has 0 saturated carbocycles. The standard InChI is InChI=1S/C12H21N3O2/c1-10-14-11-9-13-4-3-12(11)15(10)5-6-17-8-7-16-2/h13H,3-9H2,1-2H3. The van der Waals surface area contributed by atoms with Crippen LogP contribution < -0.4 is 5.32 Å². The Bertz CT molecular complexity index is 363. The van der Waals surface area contributed by atoms with Crippen molar-refractivity contribution in [2.75, 3.05) is 33.5 Å². The van der Waals surface area contributed by atoms with E-state index in [-0.39, 0.29) is 0 Å². The number of hydrogen-bond donors (Lipinski definition) is 1. The Morgan fingerprint density at radius 3 is 3.06 bits per heavy atom. The molecule has 1 N–H and O–H groups in total. The molecule has 0 unspecified atom stereocenters. The van der Waals surface area contributed by atoms with Crippen LogP contribution in [0.5, 0.6) is 0 Å². The molecule has 2 rings (SSSR count). The van der Waals surface area contributed by atoms with Gasteiger partial charge in [-0.2, -0.15) is 0 Å². The minimum atomic E-state index is 0.658. The molecule has 0 atom stereocenters. The molecule has 1 aliphatic rings. The second-order valence-corrected chi connectivity index (χ2v) is 4.24. The largest absolute Gasteiger partial charge is 0.382 e. The van der Waals surface area contributed by atoms with Gasteiger partial charge in [0.25, 0.3) is 0 Å². The fourth-order valence-electron chi connectivity index (χ4n) is 2.20. The number of hydrogen-bond acceptors (Lipinski definition) is 4. The van der Waals surface area contributed by atoms with Crippen LogP contribution >= 0.6 is 0 Å². The maximum absolute atomic E-state index is 5.50. The third kappa shape index (κ3) is 3.06. The van der Waals surface area contributed by atoms with Gasteiger partial charge in [-0.25, -0.2) is 4.98 Å². The van der Waals surface area contributed by atoms with Crippen molar-refractivity contribution >= 4 is 0 Å². The quantitative estimate of drug-likeness (QED) is 0.734. The summed E-state index contributed by atoms with van der Waals surface area (Å²) in [5, 5.41) is 3.34. The summed E-state index contributed by atoms with van der Waals surface area (Å²) >= 11 is 0. The molecule has 0 radical (unpaired) electrons. The van der Waals surface area contributed by atoms with E-state index >= 15 is 0 Å². The van der Waals surface area contributed by atoms with E-state index in [1.807, 2.05) is 0 Å². The van der Waals surface area contributed by atoms with Crippen LogP contribution in [0.3, 0.4) is 0 Å². The number of imidazole rings is 1. The summed E-state index contributed by atoms with van der Waals surface area (Å²) in [6, 6.07) is 0. The van der Waals surface area contributed by atoms with Crippen molar-refractivity contribution in [2.24, 2.45) is 0 Å². The number of nitrogens with zero attached hydrogens (tertiary/aromatic N) is 2. The van der Waals surface area contributed by atoms with E-state index in [2.05, 4.69) is 21.8 Å². The number of aryl methyl sites for hydroxylation is 1. The van der Waals surface area contributed by atoms with E-state index in [0.29, 0.717) is 13.2 Å². The molecular formula is C12H21N3O2. The van der Waals surface area contributed by atoms with E-state index in [9.17, 15) is 0 Å². The van der Waals surface area contributed by atoms with Crippen molar-refractivity contribution in [3.05, 3.63) is 17.2 Å². The van der Waals surface area contributed by atoms with E-state index in [1.165, 1.54) is 11.4 Å². The monoisotopic (exact) mass is 239 g/mol. The van der Waals surface area contributed by atoms with Gasteiger partial charge in [0, 0.05) is 38.9 Å². The van der Waals surface area contributed by atoms with Gasteiger partial charge in [0.1, 0.15) is 5.82 Å². The van der Waals surface area contributed by atoms with E-state index in [1.54, 1.807) is 7.11 Å². The average Bonchev–Trinajstić information content (AvgIpc) is 2.65. The molecule has 0 aromatic carbocycles. The van der Waals surface area contributed by atoms with Crippen LogP contribution in [0.4, 0.5) is 0 Å². The minimum absolute atomic E-state index is 0.658. The summed E-state index contributed by atoms with van der Waals surface area (Å²) < 4.78 is 12.7. The van der Waals surface area contributed by atoms with Gasteiger partial charge in [0.2, 0.25) is 0 Å². The Hall–Kier alpha value is -0.910. The zero-order chi connectivity index (χ0) is 12.1. The topological polar surface area (TPSA) is 48.3 Å².